The molecule has 174 valence electrons. The van der Waals surface area contributed by atoms with Crippen LogP contribution in [0.3, 0.4) is 0 Å². The fourth-order valence-corrected chi connectivity index (χ4v) is 5.60. The summed E-state index contributed by atoms with van der Waals surface area (Å²) in [4.78, 5) is 21.5. The fourth-order valence-electron chi connectivity index (χ4n) is 4.60. The molecule has 3 heterocycles. The molecule has 1 saturated carbocycles. The van der Waals surface area contributed by atoms with E-state index in [4.69, 9.17) is 19.9 Å². The molecule has 2 aliphatic rings. The third kappa shape index (κ3) is 4.14. The lowest BCUT2D eigenvalue weighted by Gasteiger charge is -2.32. The fraction of sp³-hybridized carbons (Fsp3) is 0.435. The number of anilines is 2. The summed E-state index contributed by atoms with van der Waals surface area (Å²) in [5, 5.41) is 3.93. The quantitative estimate of drug-likeness (QED) is 0.565. The summed E-state index contributed by atoms with van der Waals surface area (Å²) in [5.41, 5.74) is 6.75. The number of aryl methyl sites for hydroxylation is 1. The molecule has 2 aromatic heterocycles. The molecule has 1 saturated heterocycles. The predicted octanol–water partition coefficient (Wildman–Crippen LogP) is 4.43. The van der Waals surface area contributed by atoms with Crippen LogP contribution in [0.2, 0.25) is 0 Å². The number of halogens is 1. The number of benzene rings is 1. The number of ether oxygens (including phenoxy) is 3. The Morgan fingerprint density at radius 3 is 2.91 bits per heavy atom. The zero-order valence-electron chi connectivity index (χ0n) is 18.6. The molecule has 2 fully saturated rings. The van der Waals surface area contributed by atoms with Crippen LogP contribution in [0.15, 0.2) is 24.5 Å². The monoisotopic (exact) mass is 472 g/mol. The Bertz CT molecular complexity index is 1230. The molecule has 3 aromatic rings. The van der Waals surface area contributed by atoms with Crippen LogP contribution in [0.5, 0.6) is 5.75 Å². The first-order valence-electron chi connectivity index (χ1n) is 10.8. The van der Waals surface area contributed by atoms with E-state index >= 15 is 0 Å². The number of hydrogen-bond acceptors (Lipinski definition) is 8. The Morgan fingerprint density at radius 2 is 2.12 bits per heavy atom. The van der Waals surface area contributed by atoms with E-state index in [1.165, 1.54) is 29.8 Å². The van der Waals surface area contributed by atoms with Crippen molar-refractivity contribution in [3.8, 4) is 5.75 Å². The Labute approximate surface area is 194 Å². The summed E-state index contributed by atoms with van der Waals surface area (Å²) in [6.07, 6.45) is 3.47. The molecule has 0 spiro atoms. The first kappa shape index (κ1) is 22.0. The van der Waals surface area contributed by atoms with E-state index in [1.54, 1.807) is 13.0 Å². The van der Waals surface area contributed by atoms with Gasteiger partial charge in [0, 0.05) is 6.07 Å². The molecule has 1 aromatic carbocycles. The standard InChI is InChI=1S/C23H25FN4O4S/c1-11-17-21(26-10-27-22(17)33-19(11)20(25)29)28-13-8-7-12(24)9-16(13)30-14-5-4-6-15-18(14)32-23(2,3)31-15/h7-10,14-15,18H,4-6H2,1-3H3,(H2,25,29)(H,26,27,28)/t14-,15-,18?/m1/s1. The Balaban J connectivity index is 1.47. The Morgan fingerprint density at radius 1 is 1.30 bits per heavy atom. The highest BCUT2D eigenvalue weighted by molar-refractivity contribution is 7.20. The third-order valence-electron chi connectivity index (χ3n) is 5.99. The highest BCUT2D eigenvalue weighted by atomic mass is 32.1. The van der Waals surface area contributed by atoms with Crippen LogP contribution in [0, 0.1) is 12.7 Å². The SMILES string of the molecule is Cc1c(C(N)=O)sc2ncnc(Nc3ccc(F)cc3O[C@@H]3CCC[C@H]4OC(C)(C)OC34)c12. The molecular weight excluding hydrogens is 447 g/mol. The lowest BCUT2D eigenvalue weighted by Crippen LogP contribution is -2.42. The first-order chi connectivity index (χ1) is 15.7. The van der Waals surface area contributed by atoms with Crippen LogP contribution < -0.4 is 15.8 Å². The molecule has 1 aliphatic carbocycles. The maximum Gasteiger partial charge on any atom is 0.259 e. The van der Waals surface area contributed by atoms with Crippen LogP contribution in [0.1, 0.15) is 48.3 Å². The number of nitrogens with two attached hydrogens (primary N) is 1. The van der Waals surface area contributed by atoms with E-state index < -0.39 is 17.5 Å². The van der Waals surface area contributed by atoms with Gasteiger partial charge in [-0.1, -0.05) is 0 Å². The minimum absolute atomic E-state index is 0.0501. The van der Waals surface area contributed by atoms with E-state index in [0.717, 1.165) is 19.3 Å². The van der Waals surface area contributed by atoms with Crippen molar-refractivity contribution in [2.45, 2.75) is 64.1 Å². The molecule has 33 heavy (non-hydrogen) atoms. The summed E-state index contributed by atoms with van der Waals surface area (Å²) >= 11 is 1.21. The van der Waals surface area contributed by atoms with Gasteiger partial charge in [0.1, 0.15) is 40.8 Å². The van der Waals surface area contributed by atoms with Crippen molar-refractivity contribution in [2.24, 2.45) is 5.73 Å². The summed E-state index contributed by atoms with van der Waals surface area (Å²) in [5.74, 6) is -0.765. The summed E-state index contributed by atoms with van der Waals surface area (Å²) < 4.78 is 32.6. The predicted molar refractivity (Wildman–Crippen MR) is 122 cm³/mol. The van der Waals surface area contributed by atoms with Crippen LogP contribution in [-0.2, 0) is 9.47 Å². The normalized spacial score (nSPS) is 23.9. The molecule has 0 radical (unpaired) electrons. The van der Waals surface area contributed by atoms with Gasteiger partial charge >= 0.3 is 0 Å². The molecule has 0 bridgehead atoms. The van der Waals surface area contributed by atoms with E-state index in [2.05, 4.69) is 15.3 Å². The summed E-state index contributed by atoms with van der Waals surface area (Å²) in [6.45, 7) is 5.58. The minimum Gasteiger partial charge on any atom is -0.485 e. The number of nitrogens with one attached hydrogen (secondary N) is 1. The number of amides is 1. The molecule has 3 N–H and O–H groups in total. The van der Waals surface area contributed by atoms with Crippen molar-refractivity contribution >= 4 is 39.0 Å². The number of thiophene rings is 1. The smallest absolute Gasteiger partial charge is 0.259 e. The molecule has 1 unspecified atom stereocenters. The van der Waals surface area contributed by atoms with Crippen molar-refractivity contribution in [3.63, 3.8) is 0 Å². The zero-order valence-corrected chi connectivity index (χ0v) is 19.4. The number of primary amides is 1. The van der Waals surface area contributed by atoms with Gasteiger partial charge in [0.15, 0.2) is 5.79 Å². The van der Waals surface area contributed by atoms with Crippen molar-refractivity contribution in [1.82, 2.24) is 9.97 Å². The second-order valence-corrected chi connectivity index (χ2v) is 9.81. The van der Waals surface area contributed by atoms with Gasteiger partial charge in [0.25, 0.3) is 5.91 Å². The average Bonchev–Trinajstić information content (AvgIpc) is 3.26. The van der Waals surface area contributed by atoms with Gasteiger partial charge in [0.05, 0.1) is 22.1 Å². The second-order valence-electron chi connectivity index (χ2n) is 8.81. The third-order valence-corrected chi connectivity index (χ3v) is 7.21. The van der Waals surface area contributed by atoms with Gasteiger partial charge in [-0.2, -0.15) is 0 Å². The number of nitrogens with zero attached hydrogens (tertiary/aromatic N) is 2. The van der Waals surface area contributed by atoms with Crippen LogP contribution in [-0.4, -0.2) is 40.0 Å². The summed E-state index contributed by atoms with van der Waals surface area (Å²) in [7, 11) is 0. The molecular formula is C23H25FN4O4S. The average molecular weight is 473 g/mol. The van der Waals surface area contributed by atoms with Crippen molar-refractivity contribution < 1.29 is 23.4 Å². The summed E-state index contributed by atoms with van der Waals surface area (Å²) in [6, 6.07) is 4.30. The largest absolute Gasteiger partial charge is 0.485 e. The number of carbonyl (C=O) groups excluding carboxylic acids is 1. The lowest BCUT2D eigenvalue weighted by atomic mass is 9.92. The number of aromatic nitrogens is 2. The van der Waals surface area contributed by atoms with Gasteiger partial charge in [0.2, 0.25) is 0 Å². The molecule has 1 aliphatic heterocycles. The highest BCUT2D eigenvalue weighted by Gasteiger charge is 2.48. The number of fused-ring (bicyclic) bond motifs is 2. The first-order valence-corrected chi connectivity index (χ1v) is 11.7. The number of carbonyl (C=O) groups is 1. The molecule has 1 amide bonds. The maximum atomic E-state index is 14.2. The molecule has 5 rings (SSSR count). The Kier molecular flexibility index (Phi) is 5.46. The molecule has 8 nitrogen and oxygen atoms in total. The van der Waals surface area contributed by atoms with Crippen LogP contribution in [0.25, 0.3) is 10.2 Å². The van der Waals surface area contributed by atoms with Crippen molar-refractivity contribution in [2.75, 3.05) is 5.32 Å². The van der Waals surface area contributed by atoms with E-state index in [-0.39, 0.29) is 18.3 Å². The maximum absolute atomic E-state index is 14.2. The van der Waals surface area contributed by atoms with E-state index in [9.17, 15) is 9.18 Å². The van der Waals surface area contributed by atoms with Gasteiger partial charge in [-0.15, -0.1) is 11.3 Å². The zero-order chi connectivity index (χ0) is 23.3. The Hall–Kier alpha value is -2.82. The highest BCUT2D eigenvalue weighted by Crippen LogP contribution is 2.41. The molecule has 3 atom stereocenters. The number of rotatable bonds is 5. The van der Waals surface area contributed by atoms with E-state index in [1.807, 2.05) is 13.8 Å². The van der Waals surface area contributed by atoms with Crippen molar-refractivity contribution in [1.29, 1.82) is 0 Å². The van der Waals surface area contributed by atoms with Gasteiger partial charge in [-0.3, -0.25) is 4.79 Å². The lowest BCUT2D eigenvalue weighted by molar-refractivity contribution is -0.151. The van der Waals surface area contributed by atoms with Crippen LogP contribution in [0.4, 0.5) is 15.9 Å². The van der Waals surface area contributed by atoms with Crippen LogP contribution >= 0.6 is 11.3 Å². The van der Waals surface area contributed by atoms with Gasteiger partial charge < -0.3 is 25.3 Å². The second kappa shape index (κ2) is 8.19. The minimum atomic E-state index is -0.675. The molecule has 10 heteroatoms. The van der Waals surface area contributed by atoms with Crippen molar-refractivity contribution in [3.05, 3.63) is 40.8 Å². The topological polar surface area (TPSA) is 109 Å². The van der Waals surface area contributed by atoms with Gasteiger partial charge in [-0.25, -0.2) is 14.4 Å². The van der Waals surface area contributed by atoms with Gasteiger partial charge in [-0.05, 0) is 57.7 Å². The van der Waals surface area contributed by atoms with E-state index in [0.29, 0.717) is 37.9 Å². The number of hydrogen-bond donors (Lipinski definition) is 2.